The molecule has 1 saturated carbocycles. The van der Waals surface area contributed by atoms with Gasteiger partial charge in [-0.3, -0.25) is 4.79 Å². The van der Waals surface area contributed by atoms with E-state index in [-0.39, 0.29) is 18.3 Å². The number of hydrogen-bond donors (Lipinski definition) is 2. The molecule has 0 bridgehead atoms. The summed E-state index contributed by atoms with van der Waals surface area (Å²) in [5.41, 5.74) is 5.34. The third kappa shape index (κ3) is 4.43. The number of halogens is 1. The maximum atomic E-state index is 12.1. The molecule has 4 atom stereocenters. The quantitative estimate of drug-likeness (QED) is 0.830. The van der Waals surface area contributed by atoms with Crippen LogP contribution in [-0.2, 0) is 4.79 Å². The second-order valence-corrected chi connectivity index (χ2v) is 6.01. The van der Waals surface area contributed by atoms with E-state index in [0.29, 0.717) is 17.9 Å². The van der Waals surface area contributed by atoms with E-state index < -0.39 is 5.54 Å². The van der Waals surface area contributed by atoms with E-state index >= 15 is 0 Å². The van der Waals surface area contributed by atoms with Gasteiger partial charge < -0.3 is 11.1 Å². The summed E-state index contributed by atoms with van der Waals surface area (Å²) in [6.45, 7) is 8.41. The molecule has 18 heavy (non-hydrogen) atoms. The van der Waals surface area contributed by atoms with Gasteiger partial charge >= 0.3 is 0 Å². The summed E-state index contributed by atoms with van der Waals surface area (Å²) in [6, 6.07) is 0.311. The summed E-state index contributed by atoms with van der Waals surface area (Å²) in [4.78, 5) is 12.1. The molecule has 0 heterocycles. The summed E-state index contributed by atoms with van der Waals surface area (Å²) >= 11 is 0. The van der Waals surface area contributed by atoms with Crippen LogP contribution in [0.5, 0.6) is 0 Å². The van der Waals surface area contributed by atoms with Gasteiger partial charge in [-0.25, -0.2) is 0 Å². The lowest BCUT2D eigenvalue weighted by molar-refractivity contribution is -0.127. The van der Waals surface area contributed by atoms with Gasteiger partial charge in [-0.1, -0.05) is 40.0 Å². The Balaban J connectivity index is 0.00000289. The lowest BCUT2D eigenvalue weighted by Gasteiger charge is -2.36. The van der Waals surface area contributed by atoms with E-state index in [2.05, 4.69) is 26.1 Å². The Hall–Kier alpha value is -0.280. The summed E-state index contributed by atoms with van der Waals surface area (Å²) < 4.78 is 0. The standard InChI is InChI=1S/C14H28N2O.ClH/c1-5-9-14(4,15)13(17)16-12-8-6-7-10(2)11(12)3;/h10-12H,5-9,15H2,1-4H3,(H,16,17);1H. The zero-order chi connectivity index (χ0) is 13.1. The fraction of sp³-hybridized carbons (Fsp3) is 0.929. The molecule has 1 aliphatic carbocycles. The lowest BCUT2D eigenvalue weighted by atomic mass is 9.77. The van der Waals surface area contributed by atoms with Crippen LogP contribution < -0.4 is 11.1 Å². The van der Waals surface area contributed by atoms with Crippen LogP contribution in [0.1, 0.15) is 59.8 Å². The van der Waals surface area contributed by atoms with Crippen molar-refractivity contribution in [1.29, 1.82) is 0 Å². The molecule has 4 heteroatoms. The Morgan fingerprint density at radius 3 is 2.56 bits per heavy atom. The SMILES string of the molecule is CCCC(C)(N)C(=O)NC1CCCC(C)C1C.Cl. The highest BCUT2D eigenvalue weighted by Gasteiger charge is 2.33. The van der Waals surface area contributed by atoms with Crippen molar-refractivity contribution in [3.63, 3.8) is 0 Å². The topological polar surface area (TPSA) is 55.1 Å². The van der Waals surface area contributed by atoms with E-state index in [1.54, 1.807) is 0 Å². The zero-order valence-corrected chi connectivity index (χ0v) is 13.0. The first kappa shape index (κ1) is 17.7. The van der Waals surface area contributed by atoms with Crippen molar-refractivity contribution in [2.24, 2.45) is 17.6 Å². The van der Waals surface area contributed by atoms with Crippen LogP contribution in [0.25, 0.3) is 0 Å². The van der Waals surface area contributed by atoms with Gasteiger partial charge in [0.15, 0.2) is 0 Å². The minimum atomic E-state index is -0.713. The molecule has 0 spiro atoms. The molecule has 1 amide bonds. The number of nitrogens with two attached hydrogens (primary N) is 1. The van der Waals surface area contributed by atoms with Crippen molar-refractivity contribution in [1.82, 2.24) is 5.32 Å². The van der Waals surface area contributed by atoms with Gasteiger partial charge in [-0.15, -0.1) is 12.4 Å². The molecule has 3 N–H and O–H groups in total. The fourth-order valence-electron chi connectivity index (χ4n) is 2.75. The number of rotatable bonds is 4. The Bertz CT molecular complexity index is 269. The first-order valence-electron chi connectivity index (χ1n) is 6.98. The molecular formula is C14H29ClN2O. The molecule has 1 fully saturated rings. The fourth-order valence-corrected chi connectivity index (χ4v) is 2.75. The maximum absolute atomic E-state index is 12.1. The van der Waals surface area contributed by atoms with Crippen molar-refractivity contribution in [3.05, 3.63) is 0 Å². The van der Waals surface area contributed by atoms with Crippen LogP contribution in [-0.4, -0.2) is 17.5 Å². The smallest absolute Gasteiger partial charge is 0.240 e. The molecule has 0 radical (unpaired) electrons. The minimum Gasteiger partial charge on any atom is -0.352 e. The van der Waals surface area contributed by atoms with Gasteiger partial charge in [0.2, 0.25) is 5.91 Å². The van der Waals surface area contributed by atoms with Crippen LogP contribution in [0.4, 0.5) is 0 Å². The van der Waals surface area contributed by atoms with E-state index in [4.69, 9.17) is 5.73 Å². The summed E-state index contributed by atoms with van der Waals surface area (Å²) in [6.07, 6.45) is 5.28. The average molecular weight is 277 g/mol. The van der Waals surface area contributed by atoms with Gasteiger partial charge in [0.05, 0.1) is 5.54 Å². The Morgan fingerprint density at radius 2 is 2.00 bits per heavy atom. The van der Waals surface area contributed by atoms with E-state index in [1.165, 1.54) is 12.8 Å². The third-order valence-electron chi connectivity index (χ3n) is 4.31. The van der Waals surface area contributed by atoms with Crippen LogP contribution >= 0.6 is 12.4 Å². The zero-order valence-electron chi connectivity index (χ0n) is 12.2. The number of amides is 1. The molecule has 1 aliphatic rings. The number of carbonyl (C=O) groups is 1. The van der Waals surface area contributed by atoms with Crippen molar-refractivity contribution < 1.29 is 4.79 Å². The molecule has 0 aliphatic heterocycles. The second kappa shape index (κ2) is 7.34. The minimum absolute atomic E-state index is 0. The monoisotopic (exact) mass is 276 g/mol. The number of nitrogens with one attached hydrogen (secondary N) is 1. The third-order valence-corrected chi connectivity index (χ3v) is 4.31. The largest absolute Gasteiger partial charge is 0.352 e. The summed E-state index contributed by atoms with van der Waals surface area (Å²) in [5.74, 6) is 1.28. The normalized spacial score (nSPS) is 31.1. The molecule has 0 aromatic heterocycles. The molecule has 4 unspecified atom stereocenters. The highest BCUT2D eigenvalue weighted by atomic mass is 35.5. The molecular weight excluding hydrogens is 248 g/mol. The number of hydrogen-bond acceptors (Lipinski definition) is 2. The van der Waals surface area contributed by atoms with Crippen molar-refractivity contribution in [2.45, 2.75) is 71.4 Å². The summed E-state index contributed by atoms with van der Waals surface area (Å²) in [5, 5.41) is 3.16. The van der Waals surface area contributed by atoms with Gasteiger partial charge in [-0.2, -0.15) is 0 Å². The molecule has 3 nitrogen and oxygen atoms in total. The van der Waals surface area contributed by atoms with Gasteiger partial charge in [-0.05, 0) is 31.6 Å². The van der Waals surface area contributed by atoms with Crippen molar-refractivity contribution >= 4 is 18.3 Å². The Labute approximate surface area is 118 Å². The highest BCUT2D eigenvalue weighted by molar-refractivity contribution is 5.86. The van der Waals surface area contributed by atoms with Crippen LogP contribution in [0.2, 0.25) is 0 Å². The van der Waals surface area contributed by atoms with Crippen LogP contribution in [0.15, 0.2) is 0 Å². The lowest BCUT2D eigenvalue weighted by Crippen LogP contribution is -2.56. The first-order chi connectivity index (χ1) is 7.88. The van der Waals surface area contributed by atoms with Crippen LogP contribution in [0, 0.1) is 11.8 Å². The number of carbonyl (C=O) groups excluding carboxylic acids is 1. The van der Waals surface area contributed by atoms with Crippen molar-refractivity contribution in [3.8, 4) is 0 Å². The Kier molecular flexibility index (Phi) is 7.23. The predicted molar refractivity (Wildman–Crippen MR) is 78.9 cm³/mol. The summed E-state index contributed by atoms with van der Waals surface area (Å²) in [7, 11) is 0. The van der Waals surface area contributed by atoms with Crippen molar-refractivity contribution in [2.75, 3.05) is 0 Å². The molecule has 0 aromatic carbocycles. The second-order valence-electron chi connectivity index (χ2n) is 6.01. The van der Waals surface area contributed by atoms with Gasteiger partial charge in [0, 0.05) is 6.04 Å². The van der Waals surface area contributed by atoms with E-state index in [0.717, 1.165) is 19.3 Å². The van der Waals surface area contributed by atoms with Gasteiger partial charge in [0.25, 0.3) is 0 Å². The van der Waals surface area contributed by atoms with E-state index in [1.807, 2.05) is 6.92 Å². The van der Waals surface area contributed by atoms with Gasteiger partial charge in [0.1, 0.15) is 0 Å². The Morgan fingerprint density at radius 1 is 1.39 bits per heavy atom. The highest BCUT2D eigenvalue weighted by Crippen LogP contribution is 2.29. The first-order valence-corrected chi connectivity index (χ1v) is 6.98. The van der Waals surface area contributed by atoms with E-state index in [9.17, 15) is 4.79 Å². The molecule has 1 rings (SSSR count). The maximum Gasteiger partial charge on any atom is 0.240 e. The van der Waals surface area contributed by atoms with Crippen LogP contribution in [0.3, 0.4) is 0 Å². The predicted octanol–water partition coefficient (Wildman–Crippen LogP) is 2.87. The molecule has 0 saturated heterocycles. The molecule has 0 aromatic rings. The molecule has 108 valence electrons. The average Bonchev–Trinajstić information content (AvgIpc) is 2.24.